The fourth-order valence-corrected chi connectivity index (χ4v) is 5.77. The number of piperazine rings is 1. The SMILES string of the molecule is O[C@H](c1ccc(N2CCN(c3ccc(-c4ccc(C(F)(F)[C@](O)(Cn5cnnn5)c5ccc(F)cc5F)nc4)cc3)CC2)cc1)C(F)(F)F. The predicted molar refractivity (Wildman–Crippen MR) is 164 cm³/mol. The summed E-state index contributed by atoms with van der Waals surface area (Å²) in [4.78, 5) is 8.08. The first-order valence-electron chi connectivity index (χ1n) is 14.9. The molecule has 1 aliphatic heterocycles. The van der Waals surface area contributed by atoms with Gasteiger partial charge in [-0.15, -0.1) is 5.10 Å². The summed E-state index contributed by atoms with van der Waals surface area (Å²) in [6.07, 6.45) is -5.10. The molecule has 0 aliphatic carbocycles. The quantitative estimate of drug-likeness (QED) is 0.193. The minimum absolute atomic E-state index is 0.226. The van der Waals surface area contributed by atoms with Crippen LogP contribution in [0.3, 0.4) is 0 Å². The predicted octanol–water partition coefficient (Wildman–Crippen LogP) is 5.62. The van der Waals surface area contributed by atoms with Crippen LogP contribution in [0.25, 0.3) is 11.1 Å². The van der Waals surface area contributed by atoms with Crippen molar-refractivity contribution in [3.8, 4) is 11.1 Å². The normalized spacial score (nSPS) is 16.0. The van der Waals surface area contributed by atoms with Gasteiger partial charge in [0.25, 0.3) is 0 Å². The minimum atomic E-state index is -4.74. The van der Waals surface area contributed by atoms with Crippen molar-refractivity contribution < 1.29 is 40.9 Å². The van der Waals surface area contributed by atoms with Gasteiger partial charge in [0.15, 0.2) is 11.7 Å². The lowest BCUT2D eigenvalue weighted by Gasteiger charge is -2.37. The molecule has 256 valence electrons. The smallest absolute Gasteiger partial charge is 0.379 e. The topological polar surface area (TPSA) is 103 Å². The van der Waals surface area contributed by atoms with E-state index in [0.717, 1.165) is 40.6 Å². The number of pyridine rings is 1. The number of hydrogen-bond donors (Lipinski definition) is 2. The Morgan fingerprint density at radius 3 is 1.86 bits per heavy atom. The van der Waals surface area contributed by atoms with Gasteiger partial charge in [-0.2, -0.15) is 22.0 Å². The Morgan fingerprint density at radius 2 is 1.35 bits per heavy atom. The van der Waals surface area contributed by atoms with Crippen LogP contribution < -0.4 is 9.80 Å². The molecule has 2 N–H and O–H groups in total. The number of anilines is 2. The van der Waals surface area contributed by atoms with Crippen molar-refractivity contribution in [2.24, 2.45) is 0 Å². The van der Waals surface area contributed by atoms with Gasteiger partial charge in [-0.1, -0.05) is 30.3 Å². The Hall–Kier alpha value is -5.09. The van der Waals surface area contributed by atoms with E-state index in [4.69, 9.17) is 0 Å². The number of nitrogens with zero attached hydrogens (tertiary/aromatic N) is 7. The lowest BCUT2D eigenvalue weighted by Crippen LogP contribution is -2.48. The Morgan fingerprint density at radius 1 is 0.755 bits per heavy atom. The van der Waals surface area contributed by atoms with E-state index in [2.05, 4.69) is 25.4 Å². The van der Waals surface area contributed by atoms with E-state index in [1.165, 1.54) is 24.4 Å². The Bertz CT molecular complexity index is 1870. The molecule has 16 heteroatoms. The van der Waals surface area contributed by atoms with Gasteiger partial charge in [0, 0.05) is 60.9 Å². The fraction of sp³-hybridized carbons (Fsp3) is 0.273. The standard InChI is InChI=1S/C33H28F7N7O2/c34-24-6-11-27(28(35)17-24)31(49,19-47-20-42-43-44-47)32(36,37)29-12-5-23(18-41-29)21-1-7-25(8-2-21)45-13-15-46(16-14-45)26-9-3-22(4-10-26)30(48)33(38,39)40/h1-12,17-18,20,30,48-49H,13-16,19H2/t30-,31+/m1/s1. The molecule has 49 heavy (non-hydrogen) atoms. The average molecular weight is 688 g/mol. The molecule has 1 saturated heterocycles. The first kappa shape index (κ1) is 33.8. The van der Waals surface area contributed by atoms with Gasteiger partial charge in [0.05, 0.1) is 6.54 Å². The summed E-state index contributed by atoms with van der Waals surface area (Å²) in [6.45, 7) is 1.49. The van der Waals surface area contributed by atoms with Crippen LogP contribution in [-0.4, -0.2) is 67.8 Å². The van der Waals surface area contributed by atoms with Crippen molar-refractivity contribution in [3.63, 3.8) is 0 Å². The van der Waals surface area contributed by atoms with E-state index in [-0.39, 0.29) is 5.56 Å². The zero-order valence-corrected chi connectivity index (χ0v) is 25.4. The Kier molecular flexibility index (Phi) is 9.02. The second-order valence-electron chi connectivity index (χ2n) is 11.6. The molecule has 0 unspecified atom stereocenters. The number of aliphatic hydroxyl groups excluding tert-OH is 1. The third-order valence-corrected chi connectivity index (χ3v) is 8.49. The highest BCUT2D eigenvalue weighted by atomic mass is 19.4. The maximum atomic E-state index is 16.1. The first-order chi connectivity index (χ1) is 23.3. The van der Waals surface area contributed by atoms with Crippen LogP contribution in [0.4, 0.5) is 42.1 Å². The fourth-order valence-electron chi connectivity index (χ4n) is 5.77. The van der Waals surface area contributed by atoms with Crippen molar-refractivity contribution >= 4 is 11.4 Å². The summed E-state index contributed by atoms with van der Waals surface area (Å²) in [5, 5.41) is 31.1. The van der Waals surface area contributed by atoms with Gasteiger partial charge in [-0.3, -0.25) is 4.98 Å². The van der Waals surface area contributed by atoms with Gasteiger partial charge in [0.2, 0.25) is 0 Å². The third kappa shape index (κ3) is 6.78. The summed E-state index contributed by atoms with van der Waals surface area (Å²) in [5.74, 6) is -6.58. The number of alkyl halides is 5. The van der Waals surface area contributed by atoms with E-state index >= 15 is 8.78 Å². The minimum Gasteiger partial charge on any atom is -0.379 e. The molecule has 0 bridgehead atoms. The summed E-state index contributed by atoms with van der Waals surface area (Å²) in [5.41, 5.74) is -2.41. The lowest BCUT2D eigenvalue weighted by atomic mass is 9.84. The van der Waals surface area contributed by atoms with Crippen molar-refractivity contribution in [2.45, 2.75) is 30.3 Å². The van der Waals surface area contributed by atoms with E-state index in [1.54, 1.807) is 24.3 Å². The van der Waals surface area contributed by atoms with Crippen molar-refractivity contribution in [1.82, 2.24) is 25.2 Å². The summed E-state index contributed by atoms with van der Waals surface area (Å²) in [7, 11) is 0. The van der Waals surface area contributed by atoms with Crippen molar-refractivity contribution in [1.29, 1.82) is 0 Å². The number of rotatable bonds is 9. The number of tetrazole rings is 1. The molecule has 1 fully saturated rings. The number of hydrogen-bond acceptors (Lipinski definition) is 8. The second-order valence-corrected chi connectivity index (χ2v) is 11.6. The highest BCUT2D eigenvalue weighted by molar-refractivity contribution is 5.66. The highest BCUT2D eigenvalue weighted by Gasteiger charge is 2.58. The molecule has 1 aliphatic rings. The summed E-state index contributed by atoms with van der Waals surface area (Å²) >= 11 is 0. The second kappa shape index (κ2) is 13.1. The molecule has 2 aromatic heterocycles. The molecule has 0 amide bonds. The van der Waals surface area contributed by atoms with Gasteiger partial charge in [-0.25, -0.2) is 13.5 Å². The monoisotopic (exact) mass is 687 g/mol. The van der Waals surface area contributed by atoms with Crippen molar-refractivity contribution in [2.75, 3.05) is 36.0 Å². The number of aromatic nitrogens is 5. The molecular formula is C33H28F7N7O2. The summed E-state index contributed by atoms with van der Waals surface area (Å²) in [6, 6.07) is 17.3. The number of halogens is 7. The van der Waals surface area contributed by atoms with E-state index in [1.807, 2.05) is 17.0 Å². The average Bonchev–Trinajstić information content (AvgIpc) is 3.60. The van der Waals surface area contributed by atoms with Crippen LogP contribution in [0.5, 0.6) is 0 Å². The molecule has 5 aromatic rings. The lowest BCUT2D eigenvalue weighted by molar-refractivity contribution is -0.207. The first-order valence-corrected chi connectivity index (χ1v) is 14.9. The molecule has 2 atom stereocenters. The zero-order chi connectivity index (χ0) is 35.0. The van der Waals surface area contributed by atoms with E-state index in [0.29, 0.717) is 43.4 Å². The van der Waals surface area contributed by atoms with Gasteiger partial charge in [-0.05, 0) is 64.0 Å². The van der Waals surface area contributed by atoms with Gasteiger partial charge < -0.3 is 20.0 Å². The van der Waals surface area contributed by atoms with Crippen LogP contribution in [0.2, 0.25) is 0 Å². The molecule has 0 saturated carbocycles. The van der Waals surface area contributed by atoms with E-state index < -0.39 is 53.2 Å². The van der Waals surface area contributed by atoms with Crippen molar-refractivity contribution in [3.05, 3.63) is 120 Å². The molecule has 3 aromatic carbocycles. The van der Waals surface area contributed by atoms with Gasteiger partial charge >= 0.3 is 12.1 Å². The Balaban J connectivity index is 1.14. The van der Waals surface area contributed by atoms with E-state index in [9.17, 15) is 32.2 Å². The molecule has 6 rings (SSSR count). The maximum absolute atomic E-state index is 16.1. The number of aliphatic hydroxyl groups is 2. The number of benzene rings is 3. The summed E-state index contributed by atoms with van der Waals surface area (Å²) < 4.78 is 99.8. The molecular weight excluding hydrogens is 659 g/mol. The maximum Gasteiger partial charge on any atom is 0.418 e. The Labute approximate surface area is 274 Å². The third-order valence-electron chi connectivity index (χ3n) is 8.49. The highest BCUT2D eigenvalue weighted by Crippen LogP contribution is 2.47. The van der Waals surface area contributed by atoms with Crippen LogP contribution in [0, 0.1) is 11.6 Å². The van der Waals surface area contributed by atoms with Crippen LogP contribution in [0.15, 0.2) is 91.4 Å². The van der Waals surface area contributed by atoms with Crippen LogP contribution >= 0.6 is 0 Å². The molecule has 9 nitrogen and oxygen atoms in total. The molecule has 0 radical (unpaired) electrons. The van der Waals surface area contributed by atoms with Gasteiger partial charge in [0.1, 0.15) is 23.7 Å². The molecule has 0 spiro atoms. The van der Waals surface area contributed by atoms with Crippen LogP contribution in [-0.2, 0) is 18.1 Å². The molecule has 3 heterocycles. The zero-order valence-electron chi connectivity index (χ0n) is 25.4. The largest absolute Gasteiger partial charge is 0.418 e. The van der Waals surface area contributed by atoms with Crippen LogP contribution in [0.1, 0.15) is 22.9 Å².